The van der Waals surface area contributed by atoms with E-state index in [1.165, 1.54) is 43.5 Å². The third kappa shape index (κ3) is 7.13. The Bertz CT molecular complexity index is 1020. The molecular formula is C17H13Cl5N4O4S. The SMILES string of the molecule is COc1ccc([N+](=O)[O-])cc1NC(=S)N[C@@H](NC(=O)c1ccc(Cl)cc1Cl)C(Cl)(Cl)Cl. The number of nitro benzene ring substituents is 1. The number of nitro groups is 1. The van der Waals surface area contributed by atoms with Gasteiger partial charge in [-0.15, -0.1) is 0 Å². The van der Waals surface area contributed by atoms with Crippen molar-refractivity contribution in [2.24, 2.45) is 0 Å². The van der Waals surface area contributed by atoms with Gasteiger partial charge in [0.15, 0.2) is 5.11 Å². The molecule has 0 fully saturated rings. The van der Waals surface area contributed by atoms with Crippen molar-refractivity contribution in [3.8, 4) is 5.75 Å². The highest BCUT2D eigenvalue weighted by atomic mass is 35.6. The number of carbonyl (C=O) groups excluding carboxylic acids is 1. The van der Waals surface area contributed by atoms with Crippen LogP contribution in [0.2, 0.25) is 10.0 Å². The molecule has 31 heavy (non-hydrogen) atoms. The van der Waals surface area contributed by atoms with E-state index in [1.54, 1.807) is 0 Å². The van der Waals surface area contributed by atoms with E-state index in [-0.39, 0.29) is 32.8 Å². The Morgan fingerprint density at radius 1 is 1.16 bits per heavy atom. The lowest BCUT2D eigenvalue weighted by Crippen LogP contribution is -2.56. The standard InChI is InChI=1S/C17H13Cl5N4O4S/c1-30-13-5-3-9(26(28)29)7-12(13)23-16(31)25-15(17(20,21)22)24-14(27)10-4-2-8(18)6-11(10)19/h2-7,15H,1H3,(H,24,27)(H2,23,25,31)/t15-/m1/s1. The van der Waals surface area contributed by atoms with E-state index in [4.69, 9.17) is 75.0 Å². The van der Waals surface area contributed by atoms with Crippen molar-refractivity contribution < 1.29 is 14.5 Å². The number of nitrogens with one attached hydrogen (secondary N) is 3. The van der Waals surface area contributed by atoms with E-state index in [1.807, 2.05) is 0 Å². The normalized spacial score (nSPS) is 11.9. The molecule has 0 aliphatic rings. The Balaban J connectivity index is 2.20. The first-order valence-corrected chi connectivity index (χ1v) is 10.4. The largest absolute Gasteiger partial charge is 0.495 e. The fourth-order valence-electron chi connectivity index (χ4n) is 2.28. The molecule has 14 heteroatoms. The highest BCUT2D eigenvalue weighted by Crippen LogP contribution is 2.31. The molecule has 8 nitrogen and oxygen atoms in total. The second-order valence-corrected chi connectivity index (χ2v) is 9.43. The summed E-state index contributed by atoms with van der Waals surface area (Å²) < 4.78 is 3.12. The number of non-ortho nitro benzene ring substituents is 1. The number of carbonyl (C=O) groups is 1. The van der Waals surface area contributed by atoms with Crippen LogP contribution in [0.5, 0.6) is 5.75 Å². The molecule has 3 N–H and O–H groups in total. The summed E-state index contributed by atoms with van der Waals surface area (Å²) in [6.07, 6.45) is -1.30. The molecule has 2 rings (SSSR count). The van der Waals surface area contributed by atoms with Crippen molar-refractivity contribution >= 4 is 92.6 Å². The first-order valence-electron chi connectivity index (χ1n) is 8.15. The lowest BCUT2D eigenvalue weighted by atomic mass is 10.2. The summed E-state index contributed by atoms with van der Waals surface area (Å²) in [5.41, 5.74) is 0.0744. The van der Waals surface area contributed by atoms with Crippen LogP contribution in [0.3, 0.4) is 0 Å². The number of rotatable bonds is 6. The molecular weight excluding hydrogens is 534 g/mol. The fourth-order valence-corrected chi connectivity index (χ4v) is 3.33. The summed E-state index contributed by atoms with van der Waals surface area (Å²) >= 11 is 35.0. The number of methoxy groups -OCH3 is 1. The van der Waals surface area contributed by atoms with Gasteiger partial charge in [-0.05, 0) is 36.5 Å². The van der Waals surface area contributed by atoms with Crippen LogP contribution in [0.1, 0.15) is 10.4 Å². The van der Waals surface area contributed by atoms with Crippen molar-refractivity contribution in [3.05, 3.63) is 62.1 Å². The molecule has 0 heterocycles. The van der Waals surface area contributed by atoms with Gasteiger partial charge in [-0.3, -0.25) is 14.9 Å². The van der Waals surface area contributed by atoms with E-state index >= 15 is 0 Å². The van der Waals surface area contributed by atoms with Gasteiger partial charge >= 0.3 is 0 Å². The number of amides is 1. The van der Waals surface area contributed by atoms with Crippen LogP contribution in [0.25, 0.3) is 0 Å². The predicted molar refractivity (Wildman–Crippen MR) is 127 cm³/mol. The Morgan fingerprint density at radius 3 is 2.39 bits per heavy atom. The van der Waals surface area contributed by atoms with Gasteiger partial charge in [0.05, 0.1) is 28.3 Å². The number of halogens is 5. The molecule has 0 unspecified atom stereocenters. The van der Waals surface area contributed by atoms with Gasteiger partial charge < -0.3 is 20.7 Å². The number of hydrogen-bond donors (Lipinski definition) is 3. The zero-order valence-electron chi connectivity index (χ0n) is 15.4. The van der Waals surface area contributed by atoms with E-state index in [9.17, 15) is 14.9 Å². The number of anilines is 1. The molecule has 0 aromatic heterocycles. The summed E-state index contributed by atoms with van der Waals surface area (Å²) in [4.78, 5) is 23.0. The summed E-state index contributed by atoms with van der Waals surface area (Å²) in [5, 5.41) is 19.2. The summed E-state index contributed by atoms with van der Waals surface area (Å²) in [5.74, 6) is -0.390. The van der Waals surface area contributed by atoms with Crippen LogP contribution in [-0.2, 0) is 0 Å². The summed E-state index contributed by atoms with van der Waals surface area (Å²) in [7, 11) is 1.38. The maximum atomic E-state index is 12.6. The lowest BCUT2D eigenvalue weighted by Gasteiger charge is -2.28. The van der Waals surface area contributed by atoms with Crippen molar-refractivity contribution in [2.45, 2.75) is 9.96 Å². The van der Waals surface area contributed by atoms with E-state index in [0.29, 0.717) is 5.02 Å². The highest BCUT2D eigenvalue weighted by molar-refractivity contribution is 7.80. The maximum absolute atomic E-state index is 12.6. The number of thiocarbonyl (C=S) groups is 1. The maximum Gasteiger partial charge on any atom is 0.271 e. The molecule has 2 aromatic rings. The van der Waals surface area contributed by atoms with Crippen LogP contribution in [0.4, 0.5) is 11.4 Å². The molecule has 0 radical (unpaired) electrons. The zero-order chi connectivity index (χ0) is 23.3. The monoisotopic (exact) mass is 544 g/mol. The quantitative estimate of drug-likeness (QED) is 0.148. The second kappa shape index (κ2) is 10.7. The molecule has 0 saturated carbocycles. The summed E-state index contributed by atoms with van der Waals surface area (Å²) in [6, 6.07) is 8.13. The first kappa shape index (κ1) is 25.5. The Kier molecular flexibility index (Phi) is 8.82. The van der Waals surface area contributed by atoms with Crippen molar-refractivity contribution in [3.63, 3.8) is 0 Å². The van der Waals surface area contributed by atoms with Crippen molar-refractivity contribution in [1.82, 2.24) is 10.6 Å². The Morgan fingerprint density at radius 2 is 1.84 bits per heavy atom. The number of benzene rings is 2. The average molecular weight is 547 g/mol. The fraction of sp³-hybridized carbons (Fsp3) is 0.176. The van der Waals surface area contributed by atoms with Gasteiger partial charge in [0.25, 0.3) is 11.6 Å². The minimum absolute atomic E-state index is 0.0892. The molecule has 0 spiro atoms. The minimum Gasteiger partial charge on any atom is -0.495 e. The topological polar surface area (TPSA) is 106 Å². The van der Waals surface area contributed by atoms with Gasteiger partial charge in [0.2, 0.25) is 3.79 Å². The number of hydrogen-bond acceptors (Lipinski definition) is 5. The van der Waals surface area contributed by atoms with Crippen molar-refractivity contribution in [2.75, 3.05) is 12.4 Å². The summed E-state index contributed by atoms with van der Waals surface area (Å²) in [6.45, 7) is 0. The molecule has 1 atom stereocenters. The molecule has 0 aliphatic carbocycles. The lowest BCUT2D eigenvalue weighted by molar-refractivity contribution is -0.384. The van der Waals surface area contributed by atoms with Crippen LogP contribution in [0.15, 0.2) is 36.4 Å². The van der Waals surface area contributed by atoms with Gasteiger partial charge in [-0.2, -0.15) is 0 Å². The average Bonchev–Trinajstić information content (AvgIpc) is 2.66. The number of alkyl halides is 3. The molecule has 166 valence electrons. The first-order chi connectivity index (χ1) is 14.4. The van der Waals surface area contributed by atoms with Crippen LogP contribution in [0, 0.1) is 10.1 Å². The smallest absolute Gasteiger partial charge is 0.271 e. The van der Waals surface area contributed by atoms with Crippen molar-refractivity contribution in [1.29, 1.82) is 0 Å². The predicted octanol–water partition coefficient (Wildman–Crippen LogP) is 5.32. The zero-order valence-corrected chi connectivity index (χ0v) is 20.0. The Labute approximate surface area is 207 Å². The minimum atomic E-state index is -2.03. The second-order valence-electron chi connectivity index (χ2n) is 5.81. The van der Waals surface area contributed by atoms with Crippen LogP contribution >= 0.6 is 70.2 Å². The van der Waals surface area contributed by atoms with E-state index in [0.717, 1.165) is 0 Å². The molecule has 0 bridgehead atoms. The highest BCUT2D eigenvalue weighted by Gasteiger charge is 2.35. The van der Waals surface area contributed by atoms with Gasteiger partial charge in [0.1, 0.15) is 11.9 Å². The molecule has 0 aliphatic heterocycles. The van der Waals surface area contributed by atoms with E-state index in [2.05, 4.69) is 16.0 Å². The molecule has 1 amide bonds. The molecule has 0 saturated heterocycles. The number of nitrogens with zero attached hydrogens (tertiary/aromatic N) is 1. The van der Waals surface area contributed by atoms with Gasteiger partial charge in [-0.1, -0.05) is 58.0 Å². The van der Waals surface area contributed by atoms with Crippen LogP contribution < -0.4 is 20.7 Å². The van der Waals surface area contributed by atoms with E-state index < -0.39 is 20.8 Å². The molecule has 2 aromatic carbocycles. The third-order valence-electron chi connectivity index (χ3n) is 3.70. The Hall–Kier alpha value is -1.75. The number of ether oxygens (including phenoxy) is 1. The van der Waals surface area contributed by atoms with Crippen LogP contribution in [-0.4, -0.2) is 33.0 Å². The third-order valence-corrected chi connectivity index (χ3v) is 5.12. The van der Waals surface area contributed by atoms with Gasteiger partial charge in [-0.25, -0.2) is 0 Å². The van der Waals surface area contributed by atoms with Gasteiger partial charge in [0, 0.05) is 17.2 Å².